The van der Waals surface area contributed by atoms with Crippen LogP contribution in [-0.2, 0) is 14.6 Å². The van der Waals surface area contributed by atoms with Gasteiger partial charge >= 0.3 is 5.97 Å². The van der Waals surface area contributed by atoms with Gasteiger partial charge in [-0.2, -0.15) is 0 Å². The predicted octanol–water partition coefficient (Wildman–Crippen LogP) is -3.47. The van der Waals surface area contributed by atoms with Gasteiger partial charge in [-0.05, 0) is 12.1 Å². The maximum absolute atomic E-state index is 11.4. The molecule has 1 rings (SSSR count). The molecule has 12 heteroatoms. The number of halogens is 1. The van der Waals surface area contributed by atoms with Crippen molar-refractivity contribution in [1.29, 1.82) is 0 Å². The Labute approximate surface area is 126 Å². The molecule has 0 aromatic heterocycles. The molecule has 10 nitrogen and oxygen atoms in total. The Kier molecular flexibility index (Phi) is 37.5. The molecule has 0 amide bonds. The molecule has 0 saturated heterocycles. The Morgan fingerprint density at radius 3 is 1.62 bits per heavy atom. The number of sulfone groups is 1. The summed E-state index contributed by atoms with van der Waals surface area (Å²) in [5, 5.41) is 8.94. The van der Waals surface area contributed by atoms with Crippen LogP contribution in [0.1, 0.15) is 0 Å². The van der Waals surface area contributed by atoms with Gasteiger partial charge in [-0.3, -0.25) is 0 Å². The number of hydrogen-bond donors (Lipinski definition) is 1. The van der Waals surface area contributed by atoms with Crippen LogP contribution in [0.5, 0.6) is 0 Å². The third kappa shape index (κ3) is 14.6. The number of benzene rings is 1. The normalized spacial score (nSPS) is 7.81. The smallest absolute Gasteiger partial charge is 0.329 e. The second-order valence-corrected chi connectivity index (χ2v) is 4.33. The third-order valence-corrected chi connectivity index (χ3v) is 2.89. The first-order chi connectivity index (χ1) is 6.52. The van der Waals surface area contributed by atoms with Crippen LogP contribution >= 0.6 is 12.4 Å². The summed E-state index contributed by atoms with van der Waals surface area (Å²) in [5.41, 5.74) is 0. The van der Waals surface area contributed by atoms with Crippen LogP contribution in [0.2, 0.25) is 0 Å². The number of hydrogen-bond acceptors (Lipinski definition) is 3. The largest absolute Gasteiger partial charge is 0.478 e. The van der Waals surface area contributed by atoms with E-state index in [2.05, 4.69) is 0 Å². The van der Waals surface area contributed by atoms with E-state index in [1.807, 2.05) is 0 Å². The second kappa shape index (κ2) is 18.4. The fourth-order valence-electron chi connectivity index (χ4n) is 0.837. The van der Waals surface area contributed by atoms with Crippen molar-refractivity contribution in [2.75, 3.05) is 0 Å². The predicted molar refractivity (Wildman–Crippen MR) is 79.3 cm³/mol. The molecule has 13 N–H and O–H groups in total. The first kappa shape index (κ1) is 42.7. The van der Waals surface area contributed by atoms with Crippen LogP contribution < -0.4 is 0 Å². The zero-order valence-electron chi connectivity index (χ0n) is 10.5. The minimum atomic E-state index is -3.62. The van der Waals surface area contributed by atoms with Crippen molar-refractivity contribution in [3.8, 4) is 0 Å². The van der Waals surface area contributed by atoms with Gasteiger partial charge in [-0.15, -0.1) is 12.4 Å². The quantitative estimate of drug-likeness (QED) is 0.540. The molecule has 0 heterocycles. The lowest BCUT2D eigenvalue weighted by Gasteiger charge is -1.96. The zero-order chi connectivity index (χ0) is 10.6. The number of carboxylic acids is 1. The number of carbonyl (C=O) groups is 1. The molecule has 0 atom stereocenters. The van der Waals surface area contributed by atoms with Gasteiger partial charge in [0.1, 0.15) is 0 Å². The Morgan fingerprint density at radius 1 is 0.905 bits per heavy atom. The first-order valence-electron chi connectivity index (χ1n) is 3.73. The minimum absolute atomic E-state index is 0. The van der Waals surface area contributed by atoms with E-state index >= 15 is 0 Å². The third-order valence-electron chi connectivity index (χ3n) is 1.46. The summed E-state index contributed by atoms with van der Waals surface area (Å²) in [6, 6.07) is 7.63. The first-order valence-corrected chi connectivity index (χ1v) is 5.28. The molecule has 1 aromatic rings. The summed E-state index contributed by atoms with van der Waals surface area (Å²) in [7, 11) is -3.62. The van der Waals surface area contributed by atoms with E-state index in [0.717, 1.165) is 0 Å². The highest BCUT2D eigenvalue weighted by atomic mass is 35.5. The summed E-state index contributed by atoms with van der Waals surface area (Å²) < 4.78 is 22.8. The van der Waals surface area contributed by atoms with Crippen molar-refractivity contribution in [1.82, 2.24) is 0 Å². The lowest BCUT2D eigenvalue weighted by atomic mass is 10.4. The Hall–Kier alpha value is -1.57. The molecule has 0 unspecified atom stereocenters. The summed E-state index contributed by atoms with van der Waals surface area (Å²) >= 11 is 0. The van der Waals surface area contributed by atoms with E-state index in [-0.39, 0.29) is 50.2 Å². The molecule has 0 saturated carbocycles. The molecule has 0 spiro atoms. The molecule has 0 bridgehead atoms. The maximum atomic E-state index is 11.4. The minimum Gasteiger partial charge on any atom is -0.478 e. The van der Waals surface area contributed by atoms with Gasteiger partial charge < -0.3 is 38.0 Å². The number of rotatable bonds is 3. The van der Waals surface area contributed by atoms with Crippen LogP contribution in [-0.4, -0.2) is 52.4 Å². The molecule has 21 heavy (non-hydrogen) atoms. The molecule has 130 valence electrons. The van der Waals surface area contributed by atoms with E-state index in [1.165, 1.54) is 12.1 Å². The van der Waals surface area contributed by atoms with E-state index in [9.17, 15) is 13.2 Å². The van der Waals surface area contributed by atoms with Crippen LogP contribution in [0, 0.1) is 0 Å². The molecule has 0 fully saturated rings. The summed E-state index contributed by atoms with van der Waals surface area (Å²) in [6.45, 7) is 0. The van der Waals surface area contributed by atoms with Crippen LogP contribution in [0.3, 0.4) is 0 Å². The van der Waals surface area contributed by atoms with Gasteiger partial charge in [0.15, 0.2) is 9.84 Å². The van der Waals surface area contributed by atoms with Crippen molar-refractivity contribution < 1.29 is 51.2 Å². The average Bonchev–Trinajstić information content (AvgIpc) is 2.16. The highest BCUT2D eigenvalue weighted by Gasteiger charge is 2.09. The lowest BCUT2D eigenvalue weighted by Crippen LogP contribution is -1.97. The van der Waals surface area contributed by atoms with Crippen LogP contribution in [0.4, 0.5) is 0 Å². The second-order valence-electron chi connectivity index (χ2n) is 2.50. The number of carboxylic acid groups (broad SMARTS) is 1. The van der Waals surface area contributed by atoms with E-state index in [0.29, 0.717) is 11.5 Å². The van der Waals surface area contributed by atoms with E-state index in [1.54, 1.807) is 18.2 Å². The van der Waals surface area contributed by atoms with Gasteiger partial charge in [-0.25, -0.2) is 13.2 Å². The van der Waals surface area contributed by atoms with Gasteiger partial charge in [-0.1, -0.05) is 18.2 Å². The molecular formula is C9H21ClO10S. The molecule has 0 aliphatic heterocycles. The molecule has 0 radical (unpaired) electrons. The Morgan fingerprint density at radius 2 is 1.29 bits per heavy atom. The highest BCUT2D eigenvalue weighted by Crippen LogP contribution is 2.10. The summed E-state index contributed by atoms with van der Waals surface area (Å²) in [5.74, 6) is -1.29. The molecule has 1 aromatic carbocycles. The van der Waals surface area contributed by atoms with Crippen molar-refractivity contribution in [2.45, 2.75) is 4.90 Å². The SMILES string of the molecule is Cl.O.O.O.O.O.O.O=C(O)/C=C/S(=O)(=O)c1ccccc1. The maximum Gasteiger partial charge on any atom is 0.329 e. The average molecular weight is 357 g/mol. The fraction of sp³-hybridized carbons (Fsp3) is 0. The number of aliphatic carboxylic acids is 1. The summed E-state index contributed by atoms with van der Waals surface area (Å²) in [6.07, 6.45) is 0.600. The lowest BCUT2D eigenvalue weighted by molar-refractivity contribution is -0.131. The molecule has 0 aliphatic rings. The monoisotopic (exact) mass is 356 g/mol. The Bertz CT molecular complexity index is 459. The standard InChI is InChI=1S/C9H8O4S.ClH.6H2O/c10-9(11)6-7-14(12,13)8-4-2-1-3-5-8;;;;;;;/h1-7H,(H,10,11);1H;6*1H2/b7-6+;;;;;;;. The van der Waals surface area contributed by atoms with Gasteiger partial charge in [0.05, 0.1) is 4.90 Å². The highest BCUT2D eigenvalue weighted by molar-refractivity contribution is 7.94. The van der Waals surface area contributed by atoms with E-state index < -0.39 is 15.8 Å². The van der Waals surface area contributed by atoms with Gasteiger partial charge in [0.25, 0.3) is 0 Å². The Balaban J connectivity index is -0.0000000560. The van der Waals surface area contributed by atoms with E-state index in [4.69, 9.17) is 5.11 Å². The molecule has 0 aliphatic carbocycles. The van der Waals surface area contributed by atoms with Gasteiger partial charge in [0, 0.05) is 11.5 Å². The zero-order valence-corrected chi connectivity index (χ0v) is 12.2. The van der Waals surface area contributed by atoms with Gasteiger partial charge in [0.2, 0.25) is 0 Å². The summed E-state index contributed by atoms with van der Waals surface area (Å²) in [4.78, 5) is 10.2. The molecular weight excluding hydrogens is 336 g/mol. The fourth-order valence-corrected chi connectivity index (χ4v) is 1.83. The van der Waals surface area contributed by atoms with Crippen molar-refractivity contribution in [3.63, 3.8) is 0 Å². The van der Waals surface area contributed by atoms with Crippen LogP contribution in [0.25, 0.3) is 0 Å². The van der Waals surface area contributed by atoms with Crippen LogP contribution in [0.15, 0.2) is 46.7 Å². The van der Waals surface area contributed by atoms with Crippen molar-refractivity contribution in [2.24, 2.45) is 0 Å². The van der Waals surface area contributed by atoms with Crippen molar-refractivity contribution >= 4 is 28.2 Å². The topological polar surface area (TPSA) is 260 Å². The van der Waals surface area contributed by atoms with Crippen molar-refractivity contribution in [3.05, 3.63) is 41.8 Å².